The molecular formula is C22H28N2O4. The van der Waals surface area contributed by atoms with E-state index < -0.39 is 5.60 Å². The highest BCUT2D eigenvalue weighted by molar-refractivity contribution is 6.00. The number of fused-ring (bicyclic) bond motifs is 3. The van der Waals surface area contributed by atoms with Crippen LogP contribution in [0.5, 0.6) is 5.75 Å². The van der Waals surface area contributed by atoms with Gasteiger partial charge in [0.2, 0.25) is 5.91 Å². The summed E-state index contributed by atoms with van der Waals surface area (Å²) in [4.78, 5) is 30.3. The van der Waals surface area contributed by atoms with E-state index in [1.54, 1.807) is 7.11 Å². The molecule has 6 heteroatoms. The monoisotopic (exact) mass is 384 g/mol. The maximum atomic E-state index is 13.2. The van der Waals surface area contributed by atoms with E-state index in [0.29, 0.717) is 23.7 Å². The molecule has 3 fully saturated rings. The highest BCUT2D eigenvalue weighted by Gasteiger charge is 2.71. The minimum atomic E-state index is -0.462. The second-order valence-electron chi connectivity index (χ2n) is 8.68. The van der Waals surface area contributed by atoms with Crippen LogP contribution in [0.1, 0.15) is 29.6 Å². The van der Waals surface area contributed by atoms with Gasteiger partial charge >= 0.3 is 0 Å². The van der Waals surface area contributed by atoms with Crippen LogP contribution in [0.15, 0.2) is 24.3 Å². The standard InChI is InChI=1S/C22H28N2O4/c1-27-13-12-23-8-10-24(11-9-23)21(26)19-16-6-7-22(20(16)19)14-17(25)15-4-2-3-5-18(15)28-22/h2-5,16,19-20H,6-14H2,1H3. The zero-order chi connectivity index (χ0) is 19.3. The van der Waals surface area contributed by atoms with E-state index in [1.165, 1.54) is 0 Å². The number of Topliss-reactive ketones (excluding diaryl/α,β-unsaturated/α-hetero) is 1. The Balaban J connectivity index is 1.25. The zero-order valence-electron chi connectivity index (χ0n) is 16.4. The summed E-state index contributed by atoms with van der Waals surface area (Å²) in [6, 6.07) is 7.52. The molecule has 2 heterocycles. The number of methoxy groups -OCH3 is 1. The second-order valence-corrected chi connectivity index (χ2v) is 8.68. The molecule has 5 rings (SSSR count). The largest absolute Gasteiger partial charge is 0.486 e. The maximum absolute atomic E-state index is 13.2. The summed E-state index contributed by atoms with van der Waals surface area (Å²) in [6.07, 6.45) is 2.29. The van der Waals surface area contributed by atoms with E-state index in [0.717, 1.165) is 52.2 Å². The molecule has 2 aliphatic carbocycles. The van der Waals surface area contributed by atoms with E-state index >= 15 is 0 Å². The molecule has 1 amide bonds. The Kier molecular flexibility index (Phi) is 4.43. The fourth-order valence-electron chi connectivity index (χ4n) is 5.72. The van der Waals surface area contributed by atoms with Gasteiger partial charge in [0.05, 0.1) is 18.6 Å². The van der Waals surface area contributed by atoms with Crippen LogP contribution in [0, 0.1) is 17.8 Å². The van der Waals surface area contributed by atoms with Crippen LogP contribution in [-0.4, -0.2) is 73.5 Å². The van der Waals surface area contributed by atoms with E-state index in [9.17, 15) is 9.59 Å². The maximum Gasteiger partial charge on any atom is 0.226 e. The molecule has 1 spiro atoms. The number of piperazine rings is 1. The van der Waals surface area contributed by atoms with Crippen molar-refractivity contribution in [3.05, 3.63) is 29.8 Å². The molecule has 0 radical (unpaired) electrons. The Bertz CT molecular complexity index is 788. The van der Waals surface area contributed by atoms with Gasteiger partial charge in [0.1, 0.15) is 11.4 Å². The number of benzene rings is 1. The molecule has 0 bridgehead atoms. The summed E-state index contributed by atoms with van der Waals surface area (Å²) in [7, 11) is 1.72. The van der Waals surface area contributed by atoms with Crippen molar-refractivity contribution in [1.82, 2.24) is 9.80 Å². The van der Waals surface area contributed by atoms with Crippen LogP contribution in [0.4, 0.5) is 0 Å². The van der Waals surface area contributed by atoms with Crippen LogP contribution in [-0.2, 0) is 9.53 Å². The normalized spacial score (nSPS) is 34.1. The van der Waals surface area contributed by atoms with Crippen molar-refractivity contribution in [2.75, 3.05) is 46.4 Å². The predicted molar refractivity (Wildman–Crippen MR) is 103 cm³/mol. The van der Waals surface area contributed by atoms with Crippen LogP contribution in [0.25, 0.3) is 0 Å². The van der Waals surface area contributed by atoms with Gasteiger partial charge in [-0.25, -0.2) is 0 Å². The number of ether oxygens (including phenoxy) is 2. The number of carbonyl (C=O) groups is 2. The first-order valence-electron chi connectivity index (χ1n) is 10.4. The molecule has 6 nitrogen and oxygen atoms in total. The van der Waals surface area contributed by atoms with Gasteiger partial charge in [-0.3, -0.25) is 14.5 Å². The quantitative estimate of drug-likeness (QED) is 0.793. The van der Waals surface area contributed by atoms with E-state index in [-0.39, 0.29) is 23.5 Å². The molecule has 28 heavy (non-hydrogen) atoms. The Morgan fingerprint density at radius 2 is 2.04 bits per heavy atom. The summed E-state index contributed by atoms with van der Waals surface area (Å²) >= 11 is 0. The van der Waals surface area contributed by atoms with Crippen LogP contribution in [0.3, 0.4) is 0 Å². The Morgan fingerprint density at radius 3 is 2.82 bits per heavy atom. The number of hydrogen-bond acceptors (Lipinski definition) is 5. The molecule has 1 aromatic carbocycles. The Hall–Kier alpha value is -1.92. The highest BCUT2D eigenvalue weighted by atomic mass is 16.5. The van der Waals surface area contributed by atoms with E-state index in [2.05, 4.69) is 4.90 Å². The molecule has 1 saturated heterocycles. The third kappa shape index (κ3) is 2.85. The predicted octanol–water partition coefficient (Wildman–Crippen LogP) is 1.84. The molecular weight excluding hydrogens is 356 g/mol. The van der Waals surface area contributed by atoms with Crippen LogP contribution in [0.2, 0.25) is 0 Å². The molecule has 1 aromatic rings. The lowest BCUT2D eigenvalue weighted by molar-refractivity contribution is -0.136. The average molecular weight is 384 g/mol. The zero-order valence-corrected chi connectivity index (χ0v) is 16.4. The molecule has 150 valence electrons. The van der Waals surface area contributed by atoms with Gasteiger partial charge in [-0.15, -0.1) is 0 Å². The van der Waals surface area contributed by atoms with Crippen LogP contribution >= 0.6 is 0 Å². The van der Waals surface area contributed by atoms with Gasteiger partial charge in [-0.05, 0) is 30.9 Å². The first-order chi connectivity index (χ1) is 13.6. The fourth-order valence-corrected chi connectivity index (χ4v) is 5.72. The Labute approximate surface area is 165 Å². The number of para-hydroxylation sites is 1. The van der Waals surface area contributed by atoms with Crippen molar-refractivity contribution < 1.29 is 19.1 Å². The third-order valence-electron chi connectivity index (χ3n) is 7.22. The van der Waals surface area contributed by atoms with E-state index in [1.807, 2.05) is 29.2 Å². The first-order valence-corrected chi connectivity index (χ1v) is 10.4. The van der Waals surface area contributed by atoms with Gasteiger partial charge in [0.25, 0.3) is 0 Å². The summed E-state index contributed by atoms with van der Waals surface area (Å²) < 4.78 is 11.6. The van der Waals surface area contributed by atoms with E-state index in [4.69, 9.17) is 9.47 Å². The van der Waals surface area contributed by atoms with Gasteiger partial charge in [0.15, 0.2) is 5.78 Å². The number of nitrogens with zero attached hydrogens (tertiary/aromatic N) is 2. The summed E-state index contributed by atoms with van der Waals surface area (Å²) in [5.74, 6) is 1.75. The highest BCUT2D eigenvalue weighted by Crippen LogP contribution is 2.66. The van der Waals surface area contributed by atoms with Gasteiger partial charge in [0, 0.05) is 51.7 Å². The molecule has 0 aromatic heterocycles. The molecule has 4 atom stereocenters. The number of ketones is 1. The Morgan fingerprint density at radius 1 is 1.25 bits per heavy atom. The molecule has 0 N–H and O–H groups in total. The van der Waals surface area contributed by atoms with Gasteiger partial charge in [-0.2, -0.15) is 0 Å². The lowest BCUT2D eigenvalue weighted by atomic mass is 9.84. The smallest absolute Gasteiger partial charge is 0.226 e. The van der Waals surface area contributed by atoms with Crippen LogP contribution < -0.4 is 4.74 Å². The molecule has 4 unspecified atom stereocenters. The minimum absolute atomic E-state index is 0.0392. The topological polar surface area (TPSA) is 59.1 Å². The number of rotatable bonds is 4. The molecule has 2 aliphatic heterocycles. The van der Waals surface area contributed by atoms with Crippen molar-refractivity contribution in [2.45, 2.75) is 24.9 Å². The molecule has 4 aliphatic rings. The number of carbonyl (C=O) groups excluding carboxylic acids is 2. The third-order valence-corrected chi connectivity index (χ3v) is 7.22. The lowest BCUT2D eigenvalue weighted by Gasteiger charge is -2.38. The minimum Gasteiger partial charge on any atom is -0.486 e. The fraction of sp³-hybridized carbons (Fsp3) is 0.636. The second kappa shape index (κ2) is 6.85. The SMILES string of the molecule is COCCN1CCN(C(=O)C2C3CCC4(CC(=O)c5ccccc5O4)C32)CC1. The summed E-state index contributed by atoms with van der Waals surface area (Å²) in [5.41, 5.74) is 0.226. The lowest BCUT2D eigenvalue weighted by Crippen LogP contribution is -2.51. The average Bonchev–Trinajstić information content (AvgIpc) is 3.36. The van der Waals surface area contributed by atoms with Crippen molar-refractivity contribution in [3.63, 3.8) is 0 Å². The van der Waals surface area contributed by atoms with Gasteiger partial charge < -0.3 is 14.4 Å². The summed E-state index contributed by atoms with van der Waals surface area (Å²) in [5, 5.41) is 0. The van der Waals surface area contributed by atoms with Crippen molar-refractivity contribution in [3.8, 4) is 5.75 Å². The summed E-state index contributed by atoms with van der Waals surface area (Å²) in [6.45, 7) is 5.04. The number of amides is 1. The number of hydrogen-bond donors (Lipinski definition) is 0. The van der Waals surface area contributed by atoms with Gasteiger partial charge in [-0.1, -0.05) is 12.1 Å². The van der Waals surface area contributed by atoms with Crippen molar-refractivity contribution in [2.24, 2.45) is 17.8 Å². The molecule has 2 saturated carbocycles. The van der Waals surface area contributed by atoms with Crippen molar-refractivity contribution >= 4 is 11.7 Å². The van der Waals surface area contributed by atoms with Crippen molar-refractivity contribution in [1.29, 1.82) is 0 Å². The first kappa shape index (κ1) is 18.1.